The van der Waals surface area contributed by atoms with Gasteiger partial charge in [0.25, 0.3) is 11.8 Å². The number of hydrogen-bond acceptors (Lipinski definition) is 4. The van der Waals surface area contributed by atoms with E-state index in [4.69, 9.17) is 55.9 Å². The first-order valence-electron chi connectivity index (χ1n) is 9.02. The van der Waals surface area contributed by atoms with Crippen molar-refractivity contribution < 1.29 is 19.1 Å². The smallest absolute Gasteiger partial charge is 0.259 e. The number of benzene rings is 3. The molecule has 0 spiro atoms. The fourth-order valence-corrected chi connectivity index (χ4v) is 3.39. The zero-order chi connectivity index (χ0) is 23.4. The molecule has 6 nitrogen and oxygen atoms in total. The second-order valence-electron chi connectivity index (χ2n) is 6.42. The molecule has 0 atom stereocenters. The van der Waals surface area contributed by atoms with Gasteiger partial charge in [0.05, 0.1) is 45.4 Å². The van der Waals surface area contributed by atoms with Crippen molar-refractivity contribution in [3.8, 4) is 11.5 Å². The van der Waals surface area contributed by atoms with Gasteiger partial charge in [-0.1, -0.05) is 46.4 Å². The molecule has 3 aromatic rings. The Labute approximate surface area is 204 Å². The molecule has 0 fully saturated rings. The molecule has 3 aromatic carbocycles. The van der Waals surface area contributed by atoms with E-state index in [9.17, 15) is 9.59 Å². The van der Waals surface area contributed by atoms with Crippen molar-refractivity contribution in [2.45, 2.75) is 0 Å². The number of nitrogens with one attached hydrogen (secondary N) is 2. The lowest BCUT2D eigenvalue weighted by Gasteiger charge is -2.15. The minimum Gasteiger partial charge on any atom is -0.496 e. The maximum absolute atomic E-state index is 12.8. The Morgan fingerprint density at radius 1 is 0.625 bits per heavy atom. The molecular formula is C22H16Cl4N2O4. The van der Waals surface area contributed by atoms with Gasteiger partial charge < -0.3 is 20.1 Å². The molecule has 0 saturated carbocycles. The Kier molecular flexibility index (Phi) is 7.74. The second kappa shape index (κ2) is 10.3. The predicted octanol–water partition coefficient (Wildman–Crippen LogP) is 6.82. The highest BCUT2D eigenvalue weighted by Gasteiger charge is 2.21. The molecule has 10 heteroatoms. The van der Waals surface area contributed by atoms with Crippen LogP contribution in [0.5, 0.6) is 11.5 Å². The number of amides is 2. The van der Waals surface area contributed by atoms with Gasteiger partial charge >= 0.3 is 0 Å². The Morgan fingerprint density at radius 3 is 1.31 bits per heavy atom. The standard InChI is InChI=1S/C22H16Cl4N2O4/c1-31-19-9-14(22(30)28-12-4-6-16(24)18(26)8-12)20(32-2)10-13(19)21(29)27-11-3-5-15(23)17(25)7-11/h3-10H,1-2H3,(H,27,29)(H,28,30). The topological polar surface area (TPSA) is 76.7 Å². The van der Waals surface area contributed by atoms with Crippen LogP contribution in [0.15, 0.2) is 48.5 Å². The van der Waals surface area contributed by atoms with Gasteiger partial charge in [-0.3, -0.25) is 9.59 Å². The van der Waals surface area contributed by atoms with Crippen molar-refractivity contribution >= 4 is 69.6 Å². The summed E-state index contributed by atoms with van der Waals surface area (Å²) in [4.78, 5) is 25.7. The summed E-state index contributed by atoms with van der Waals surface area (Å²) >= 11 is 23.8. The Bertz CT molecular complexity index is 1110. The number of anilines is 2. The summed E-state index contributed by atoms with van der Waals surface area (Å²) in [7, 11) is 2.77. The maximum atomic E-state index is 12.8. The highest BCUT2D eigenvalue weighted by atomic mass is 35.5. The summed E-state index contributed by atoms with van der Waals surface area (Å²) in [5.41, 5.74) is 1.18. The highest BCUT2D eigenvalue weighted by molar-refractivity contribution is 6.42. The van der Waals surface area contributed by atoms with Crippen molar-refractivity contribution in [3.05, 3.63) is 79.7 Å². The largest absolute Gasteiger partial charge is 0.496 e. The summed E-state index contributed by atoms with van der Waals surface area (Å²) < 4.78 is 10.7. The Morgan fingerprint density at radius 2 is 1.00 bits per heavy atom. The molecule has 0 aliphatic heterocycles. The van der Waals surface area contributed by atoms with Crippen LogP contribution in [-0.4, -0.2) is 26.0 Å². The van der Waals surface area contributed by atoms with Crippen molar-refractivity contribution in [3.63, 3.8) is 0 Å². The van der Waals surface area contributed by atoms with Gasteiger partial charge in [-0.25, -0.2) is 0 Å². The molecule has 0 bridgehead atoms. The first kappa shape index (κ1) is 24.0. The fraction of sp³-hybridized carbons (Fsp3) is 0.0909. The number of halogens is 4. The van der Waals surface area contributed by atoms with Crippen LogP contribution < -0.4 is 20.1 Å². The van der Waals surface area contributed by atoms with Gasteiger partial charge in [-0.15, -0.1) is 0 Å². The average molecular weight is 514 g/mol. The van der Waals surface area contributed by atoms with E-state index in [2.05, 4.69) is 10.6 Å². The summed E-state index contributed by atoms with van der Waals surface area (Å²) in [6.07, 6.45) is 0. The lowest BCUT2D eigenvalue weighted by molar-refractivity contribution is 0.101. The molecule has 0 heterocycles. The van der Waals surface area contributed by atoms with Gasteiger partial charge in [0.15, 0.2) is 0 Å². The molecule has 166 valence electrons. The molecule has 0 aromatic heterocycles. The fourth-order valence-electron chi connectivity index (χ4n) is 2.80. The molecule has 0 unspecified atom stereocenters. The number of carbonyl (C=O) groups excluding carboxylic acids is 2. The second-order valence-corrected chi connectivity index (χ2v) is 8.05. The summed E-state index contributed by atoms with van der Waals surface area (Å²) in [6.45, 7) is 0. The van der Waals surface area contributed by atoms with Gasteiger partial charge in [0, 0.05) is 11.4 Å². The SMILES string of the molecule is COc1cc(C(=O)Nc2ccc(Cl)c(Cl)c2)c(OC)cc1C(=O)Nc1ccc(Cl)c(Cl)c1. The zero-order valence-corrected chi connectivity index (χ0v) is 19.8. The Hall–Kier alpha value is -2.64. The highest BCUT2D eigenvalue weighted by Crippen LogP contribution is 2.32. The van der Waals surface area contributed by atoms with Crippen LogP contribution >= 0.6 is 46.4 Å². The number of hydrogen-bond donors (Lipinski definition) is 2. The van der Waals surface area contributed by atoms with Crippen LogP contribution in [-0.2, 0) is 0 Å². The van der Waals surface area contributed by atoms with Crippen molar-refractivity contribution in [1.82, 2.24) is 0 Å². The van der Waals surface area contributed by atoms with Gasteiger partial charge in [-0.05, 0) is 48.5 Å². The van der Waals surface area contributed by atoms with Gasteiger partial charge in [0.2, 0.25) is 0 Å². The number of carbonyl (C=O) groups is 2. The van der Waals surface area contributed by atoms with Crippen LogP contribution in [0.25, 0.3) is 0 Å². The van der Waals surface area contributed by atoms with Crippen molar-refractivity contribution in [2.75, 3.05) is 24.9 Å². The lowest BCUT2D eigenvalue weighted by atomic mass is 10.1. The molecular weight excluding hydrogens is 498 g/mol. The first-order valence-corrected chi connectivity index (χ1v) is 10.5. The molecule has 0 aliphatic rings. The van der Waals surface area contributed by atoms with Crippen LogP contribution in [0.4, 0.5) is 11.4 Å². The van der Waals surface area contributed by atoms with Gasteiger partial charge in [0.1, 0.15) is 11.5 Å². The third-order valence-electron chi connectivity index (χ3n) is 4.37. The van der Waals surface area contributed by atoms with E-state index in [1.807, 2.05) is 0 Å². The van der Waals surface area contributed by atoms with Crippen molar-refractivity contribution in [2.24, 2.45) is 0 Å². The third-order valence-corrected chi connectivity index (χ3v) is 5.84. The van der Waals surface area contributed by atoms with E-state index in [1.165, 1.54) is 38.5 Å². The molecule has 2 N–H and O–H groups in total. The zero-order valence-electron chi connectivity index (χ0n) is 16.8. The minimum atomic E-state index is -0.491. The summed E-state index contributed by atoms with van der Waals surface area (Å²) in [6, 6.07) is 12.2. The summed E-state index contributed by atoms with van der Waals surface area (Å²) in [5, 5.41) is 6.73. The van der Waals surface area contributed by atoms with E-state index < -0.39 is 11.8 Å². The van der Waals surface area contributed by atoms with Crippen LogP contribution in [0.3, 0.4) is 0 Å². The van der Waals surface area contributed by atoms with E-state index in [1.54, 1.807) is 24.3 Å². The van der Waals surface area contributed by atoms with Crippen LogP contribution in [0.1, 0.15) is 20.7 Å². The van der Waals surface area contributed by atoms with Gasteiger partial charge in [-0.2, -0.15) is 0 Å². The molecule has 0 aliphatic carbocycles. The monoisotopic (exact) mass is 512 g/mol. The molecule has 0 radical (unpaired) electrons. The molecule has 32 heavy (non-hydrogen) atoms. The van der Waals surface area contributed by atoms with E-state index in [-0.39, 0.29) is 22.6 Å². The summed E-state index contributed by atoms with van der Waals surface area (Å²) in [5.74, 6) is -0.643. The van der Waals surface area contributed by atoms with E-state index in [0.29, 0.717) is 31.5 Å². The average Bonchev–Trinajstić information content (AvgIpc) is 2.77. The first-order chi connectivity index (χ1) is 15.2. The molecule has 3 rings (SSSR count). The molecule has 0 saturated heterocycles. The molecule has 2 amide bonds. The van der Waals surface area contributed by atoms with Crippen LogP contribution in [0, 0.1) is 0 Å². The van der Waals surface area contributed by atoms with E-state index >= 15 is 0 Å². The number of rotatable bonds is 6. The number of methoxy groups -OCH3 is 2. The maximum Gasteiger partial charge on any atom is 0.259 e. The predicted molar refractivity (Wildman–Crippen MR) is 128 cm³/mol. The third kappa shape index (κ3) is 5.40. The lowest BCUT2D eigenvalue weighted by Crippen LogP contribution is -2.17. The number of ether oxygens (including phenoxy) is 2. The minimum absolute atomic E-state index is 0.154. The Balaban J connectivity index is 1.91. The van der Waals surface area contributed by atoms with E-state index in [0.717, 1.165) is 0 Å². The van der Waals surface area contributed by atoms with Crippen LogP contribution in [0.2, 0.25) is 20.1 Å². The normalized spacial score (nSPS) is 10.4. The van der Waals surface area contributed by atoms with Crippen molar-refractivity contribution in [1.29, 1.82) is 0 Å². The quantitative estimate of drug-likeness (QED) is 0.379.